The molecule has 2 aromatic carbocycles. The molecule has 4 rings (SSSR count). The van der Waals surface area contributed by atoms with Crippen LogP contribution >= 0.6 is 0 Å². The maximum Gasteiger partial charge on any atom is 0.178 e. The molecule has 0 aliphatic carbocycles. The van der Waals surface area contributed by atoms with E-state index >= 15 is 0 Å². The fourth-order valence-corrected chi connectivity index (χ4v) is 2.32. The first kappa shape index (κ1) is 10.3. The lowest BCUT2D eigenvalue weighted by Crippen LogP contribution is -1.81. The lowest BCUT2D eigenvalue weighted by Gasteiger charge is -2.00. The van der Waals surface area contributed by atoms with E-state index in [1.807, 2.05) is 24.3 Å². The Kier molecular flexibility index (Phi) is 2.12. The van der Waals surface area contributed by atoms with E-state index in [1.54, 1.807) is 6.20 Å². The molecule has 0 amide bonds. The number of benzene rings is 2. The maximum absolute atomic E-state index is 4.52. The molecule has 0 fully saturated rings. The van der Waals surface area contributed by atoms with Gasteiger partial charge in [-0.2, -0.15) is 0 Å². The van der Waals surface area contributed by atoms with E-state index in [2.05, 4.69) is 45.3 Å². The summed E-state index contributed by atoms with van der Waals surface area (Å²) in [4.78, 5) is 12.1. The fourth-order valence-electron chi connectivity index (χ4n) is 2.32. The van der Waals surface area contributed by atoms with Gasteiger partial charge in [0, 0.05) is 11.8 Å². The summed E-state index contributed by atoms with van der Waals surface area (Å²) in [6.07, 6.45) is 1.76. The average molecular weight is 245 g/mol. The van der Waals surface area contributed by atoms with Gasteiger partial charge in [-0.1, -0.05) is 36.4 Å². The van der Waals surface area contributed by atoms with E-state index in [4.69, 9.17) is 0 Å². The van der Waals surface area contributed by atoms with Crippen LogP contribution in [0.3, 0.4) is 0 Å². The summed E-state index contributed by atoms with van der Waals surface area (Å²) in [6, 6.07) is 18.6. The van der Waals surface area contributed by atoms with Gasteiger partial charge in [-0.3, -0.25) is 0 Å². The second-order valence-corrected chi connectivity index (χ2v) is 4.52. The van der Waals surface area contributed by atoms with Gasteiger partial charge in [-0.25, -0.2) is 9.97 Å². The van der Waals surface area contributed by atoms with Gasteiger partial charge >= 0.3 is 0 Å². The number of nitrogens with zero attached hydrogens (tertiary/aromatic N) is 2. The molecule has 0 aliphatic heterocycles. The Hall–Kier alpha value is -2.68. The minimum Gasteiger partial charge on any atom is -0.337 e. The quantitative estimate of drug-likeness (QED) is 0.554. The molecule has 0 saturated carbocycles. The van der Waals surface area contributed by atoms with Gasteiger partial charge in [-0.05, 0) is 29.0 Å². The van der Waals surface area contributed by atoms with Crippen LogP contribution in [0.15, 0.2) is 60.8 Å². The number of pyridine rings is 1. The standard InChI is InChI=1S/C16H11N3/c1-2-5-12-10-13(8-7-11(12)4-1)15-18-14-6-3-9-17-16(14)19-15/h1-10H,(H,17,18,19). The number of hydrogen-bond acceptors (Lipinski definition) is 2. The summed E-state index contributed by atoms with van der Waals surface area (Å²) >= 11 is 0. The van der Waals surface area contributed by atoms with Crippen LogP contribution in [0.2, 0.25) is 0 Å². The highest BCUT2D eigenvalue weighted by molar-refractivity contribution is 5.87. The number of aromatic amines is 1. The van der Waals surface area contributed by atoms with Crippen molar-refractivity contribution in [1.82, 2.24) is 15.0 Å². The Morgan fingerprint density at radius 1 is 0.842 bits per heavy atom. The smallest absolute Gasteiger partial charge is 0.178 e. The van der Waals surface area contributed by atoms with Crippen LogP contribution in [0, 0.1) is 0 Å². The maximum atomic E-state index is 4.52. The summed E-state index contributed by atoms with van der Waals surface area (Å²) in [5.74, 6) is 0.861. The summed E-state index contributed by atoms with van der Waals surface area (Å²) < 4.78 is 0. The average Bonchev–Trinajstić information content (AvgIpc) is 2.90. The minimum atomic E-state index is 0.755. The molecular weight excluding hydrogens is 234 g/mol. The summed E-state index contributed by atoms with van der Waals surface area (Å²) in [7, 11) is 0. The predicted molar refractivity (Wildman–Crippen MR) is 76.8 cm³/mol. The van der Waals surface area contributed by atoms with Crippen LogP contribution in [0.25, 0.3) is 33.3 Å². The Labute approximate surface area is 110 Å². The molecule has 0 atom stereocenters. The number of H-pyrrole nitrogens is 1. The van der Waals surface area contributed by atoms with Crippen LogP contribution in [0.5, 0.6) is 0 Å². The number of fused-ring (bicyclic) bond motifs is 2. The van der Waals surface area contributed by atoms with E-state index in [0.717, 1.165) is 22.6 Å². The lowest BCUT2D eigenvalue weighted by atomic mass is 10.1. The summed E-state index contributed by atoms with van der Waals surface area (Å²) in [5, 5.41) is 2.45. The van der Waals surface area contributed by atoms with Gasteiger partial charge < -0.3 is 4.98 Å². The topological polar surface area (TPSA) is 41.6 Å². The number of aromatic nitrogens is 3. The monoisotopic (exact) mass is 245 g/mol. The van der Waals surface area contributed by atoms with Crippen molar-refractivity contribution in [1.29, 1.82) is 0 Å². The van der Waals surface area contributed by atoms with Crippen LogP contribution in [-0.2, 0) is 0 Å². The van der Waals surface area contributed by atoms with E-state index in [1.165, 1.54) is 10.8 Å². The van der Waals surface area contributed by atoms with Crippen molar-refractivity contribution < 1.29 is 0 Å². The third-order valence-corrected chi connectivity index (χ3v) is 3.28. The van der Waals surface area contributed by atoms with E-state index < -0.39 is 0 Å². The van der Waals surface area contributed by atoms with Crippen LogP contribution in [0.4, 0.5) is 0 Å². The van der Waals surface area contributed by atoms with Gasteiger partial charge in [0.25, 0.3) is 0 Å². The van der Waals surface area contributed by atoms with Crippen molar-refractivity contribution in [3.8, 4) is 11.4 Å². The molecule has 3 heteroatoms. The zero-order valence-corrected chi connectivity index (χ0v) is 10.2. The lowest BCUT2D eigenvalue weighted by molar-refractivity contribution is 1.30. The first-order valence-corrected chi connectivity index (χ1v) is 6.20. The van der Waals surface area contributed by atoms with E-state index in [0.29, 0.717) is 0 Å². The molecule has 0 saturated heterocycles. The molecule has 2 aromatic heterocycles. The molecule has 1 N–H and O–H groups in total. The SMILES string of the molecule is c1ccc2cc(-c3nc4ncccc4[nH]3)ccc2c1. The predicted octanol–water partition coefficient (Wildman–Crippen LogP) is 3.78. The first-order valence-electron chi connectivity index (χ1n) is 6.20. The van der Waals surface area contributed by atoms with Gasteiger partial charge in [0.2, 0.25) is 0 Å². The highest BCUT2D eigenvalue weighted by atomic mass is 15.0. The van der Waals surface area contributed by atoms with Crippen molar-refractivity contribution in [2.75, 3.05) is 0 Å². The Bertz CT molecular complexity index is 844. The molecule has 0 radical (unpaired) electrons. The van der Waals surface area contributed by atoms with Crippen molar-refractivity contribution in [2.24, 2.45) is 0 Å². The third-order valence-electron chi connectivity index (χ3n) is 3.28. The normalized spacial score (nSPS) is 11.2. The first-order chi connectivity index (χ1) is 9.40. The molecule has 19 heavy (non-hydrogen) atoms. The molecule has 0 spiro atoms. The molecule has 2 heterocycles. The van der Waals surface area contributed by atoms with E-state index in [-0.39, 0.29) is 0 Å². The van der Waals surface area contributed by atoms with Gasteiger partial charge in [0.05, 0.1) is 5.52 Å². The zero-order valence-electron chi connectivity index (χ0n) is 10.2. The second kappa shape index (κ2) is 3.92. The van der Waals surface area contributed by atoms with Crippen molar-refractivity contribution >= 4 is 21.9 Å². The van der Waals surface area contributed by atoms with E-state index in [9.17, 15) is 0 Å². The third kappa shape index (κ3) is 1.67. The van der Waals surface area contributed by atoms with Crippen molar-refractivity contribution in [3.05, 3.63) is 60.8 Å². The Morgan fingerprint density at radius 3 is 2.63 bits per heavy atom. The van der Waals surface area contributed by atoms with Crippen LogP contribution in [0.1, 0.15) is 0 Å². The largest absolute Gasteiger partial charge is 0.337 e. The molecule has 0 bridgehead atoms. The minimum absolute atomic E-state index is 0.755. The van der Waals surface area contributed by atoms with Gasteiger partial charge in [0.15, 0.2) is 5.65 Å². The fraction of sp³-hybridized carbons (Fsp3) is 0. The molecular formula is C16H11N3. The number of hydrogen-bond donors (Lipinski definition) is 1. The number of nitrogens with one attached hydrogen (secondary N) is 1. The highest BCUT2D eigenvalue weighted by Crippen LogP contribution is 2.23. The van der Waals surface area contributed by atoms with Gasteiger partial charge in [-0.15, -0.1) is 0 Å². The molecule has 90 valence electrons. The summed E-state index contributed by atoms with van der Waals surface area (Å²) in [6.45, 7) is 0. The number of imidazole rings is 1. The van der Waals surface area contributed by atoms with Crippen LogP contribution in [-0.4, -0.2) is 15.0 Å². The molecule has 4 aromatic rings. The second-order valence-electron chi connectivity index (χ2n) is 4.52. The van der Waals surface area contributed by atoms with Gasteiger partial charge in [0.1, 0.15) is 5.82 Å². The zero-order chi connectivity index (χ0) is 12.7. The highest BCUT2D eigenvalue weighted by Gasteiger charge is 2.06. The Balaban J connectivity index is 1.93. The molecule has 3 nitrogen and oxygen atoms in total. The van der Waals surface area contributed by atoms with Crippen molar-refractivity contribution in [2.45, 2.75) is 0 Å². The number of rotatable bonds is 1. The molecule has 0 unspecified atom stereocenters. The van der Waals surface area contributed by atoms with Crippen molar-refractivity contribution in [3.63, 3.8) is 0 Å². The molecule has 0 aliphatic rings. The summed E-state index contributed by atoms with van der Waals surface area (Å²) in [5.41, 5.74) is 2.80. The van der Waals surface area contributed by atoms with Crippen LogP contribution < -0.4 is 0 Å². The Morgan fingerprint density at radius 2 is 1.74 bits per heavy atom.